The number of benzene rings is 2. The lowest BCUT2D eigenvalue weighted by atomic mass is 10.0. The number of carbonyl (C=O) groups excluding carboxylic acids is 1. The summed E-state index contributed by atoms with van der Waals surface area (Å²) in [6, 6.07) is 12.9. The number of ketones is 1. The van der Waals surface area contributed by atoms with Gasteiger partial charge in [-0.2, -0.15) is 0 Å². The van der Waals surface area contributed by atoms with Crippen LogP contribution < -0.4 is 0 Å². The van der Waals surface area contributed by atoms with Crippen LogP contribution in [0.5, 0.6) is 0 Å². The summed E-state index contributed by atoms with van der Waals surface area (Å²) in [7, 11) is 0. The summed E-state index contributed by atoms with van der Waals surface area (Å²) < 4.78 is 0.949. The maximum absolute atomic E-state index is 12.2. The van der Waals surface area contributed by atoms with E-state index in [0.717, 1.165) is 9.13 Å². The Hall–Kier alpha value is -0.870. The van der Waals surface area contributed by atoms with Crippen LogP contribution in [0.15, 0.2) is 42.5 Å². The third kappa shape index (κ3) is 2.87. The molecule has 0 fully saturated rings. The van der Waals surface area contributed by atoms with Crippen LogP contribution in [0, 0.1) is 10.5 Å². The van der Waals surface area contributed by atoms with Gasteiger partial charge in [-0.05, 0) is 47.7 Å². The average molecular weight is 357 g/mol. The third-order valence-corrected chi connectivity index (χ3v) is 4.07. The molecule has 0 aliphatic carbocycles. The average Bonchev–Trinajstić information content (AvgIpc) is 2.33. The molecule has 0 spiro atoms. The van der Waals surface area contributed by atoms with Crippen LogP contribution in [-0.4, -0.2) is 5.78 Å². The fourth-order valence-electron chi connectivity index (χ4n) is 1.51. The molecule has 2 aromatic rings. The summed E-state index contributed by atoms with van der Waals surface area (Å²) in [5.41, 5.74) is 2.45. The molecule has 2 aromatic carbocycles. The number of halogens is 2. The van der Waals surface area contributed by atoms with Crippen molar-refractivity contribution >= 4 is 40.0 Å². The Bertz CT molecular complexity index is 561. The lowest BCUT2D eigenvalue weighted by Crippen LogP contribution is -2.01. The Labute approximate surface area is 119 Å². The first kappa shape index (κ1) is 12.6. The molecule has 3 heteroatoms. The highest BCUT2D eigenvalue weighted by Crippen LogP contribution is 2.21. The maximum Gasteiger partial charge on any atom is 0.193 e. The van der Waals surface area contributed by atoms with E-state index < -0.39 is 0 Å². The molecular formula is C14H10ClIO. The molecule has 0 bridgehead atoms. The van der Waals surface area contributed by atoms with Gasteiger partial charge in [0.05, 0.1) is 5.02 Å². The summed E-state index contributed by atoms with van der Waals surface area (Å²) in [4.78, 5) is 12.2. The monoisotopic (exact) mass is 356 g/mol. The molecule has 0 aromatic heterocycles. The fraction of sp³-hybridized carbons (Fsp3) is 0.0714. The van der Waals surface area contributed by atoms with Crippen molar-refractivity contribution in [2.45, 2.75) is 6.92 Å². The van der Waals surface area contributed by atoms with E-state index in [1.54, 1.807) is 12.1 Å². The zero-order valence-corrected chi connectivity index (χ0v) is 12.1. The van der Waals surface area contributed by atoms with Crippen LogP contribution in [0.4, 0.5) is 0 Å². The smallest absolute Gasteiger partial charge is 0.193 e. The van der Waals surface area contributed by atoms with Gasteiger partial charge < -0.3 is 0 Å². The minimum absolute atomic E-state index is 0.00306. The summed E-state index contributed by atoms with van der Waals surface area (Å²) in [6.45, 7) is 2.00. The van der Waals surface area contributed by atoms with Crippen LogP contribution in [-0.2, 0) is 0 Å². The lowest BCUT2D eigenvalue weighted by Gasteiger charge is -2.03. The normalized spacial score (nSPS) is 10.3. The molecule has 0 atom stereocenters. The van der Waals surface area contributed by atoms with Crippen molar-refractivity contribution in [1.82, 2.24) is 0 Å². The summed E-state index contributed by atoms with van der Waals surface area (Å²) in [6.07, 6.45) is 0. The molecule has 86 valence electrons. The molecule has 1 nitrogen and oxygen atoms in total. The molecule has 0 saturated carbocycles. The van der Waals surface area contributed by atoms with Gasteiger partial charge in [0, 0.05) is 14.7 Å². The Morgan fingerprint density at radius 1 is 1.06 bits per heavy atom. The molecule has 0 N–H and O–H groups in total. The second-order valence-corrected chi connectivity index (χ2v) is 5.39. The van der Waals surface area contributed by atoms with Gasteiger partial charge >= 0.3 is 0 Å². The molecule has 0 aliphatic heterocycles. The molecule has 0 heterocycles. The number of hydrogen-bond acceptors (Lipinski definition) is 1. The second kappa shape index (κ2) is 5.19. The molecule has 17 heavy (non-hydrogen) atoms. The number of carbonyl (C=O) groups is 1. The van der Waals surface area contributed by atoms with Crippen molar-refractivity contribution in [2.75, 3.05) is 0 Å². The largest absolute Gasteiger partial charge is 0.289 e. The Morgan fingerprint density at radius 2 is 1.65 bits per heavy atom. The number of hydrogen-bond donors (Lipinski definition) is 0. The van der Waals surface area contributed by atoms with Gasteiger partial charge in [-0.3, -0.25) is 4.79 Å². The Balaban J connectivity index is 2.37. The van der Waals surface area contributed by atoms with Crippen LogP contribution in [0.3, 0.4) is 0 Å². The van der Waals surface area contributed by atoms with Crippen molar-refractivity contribution in [3.05, 3.63) is 67.7 Å². The van der Waals surface area contributed by atoms with Gasteiger partial charge in [0.15, 0.2) is 5.78 Å². The number of rotatable bonds is 2. The van der Waals surface area contributed by atoms with Crippen molar-refractivity contribution in [3.63, 3.8) is 0 Å². The van der Waals surface area contributed by atoms with Crippen molar-refractivity contribution in [2.24, 2.45) is 0 Å². The van der Waals surface area contributed by atoms with E-state index in [1.807, 2.05) is 37.3 Å². The zero-order chi connectivity index (χ0) is 12.4. The Kier molecular flexibility index (Phi) is 3.84. The maximum atomic E-state index is 12.2. The molecule has 0 aliphatic rings. The standard InChI is InChI=1S/C14H10ClIO/c1-9-2-4-10(5-3-9)14(17)11-6-7-13(16)12(15)8-11/h2-8H,1H3. The molecular weight excluding hydrogens is 347 g/mol. The summed E-state index contributed by atoms with van der Waals surface area (Å²) in [5, 5.41) is 0.614. The molecule has 0 saturated heterocycles. The minimum Gasteiger partial charge on any atom is -0.289 e. The van der Waals surface area contributed by atoms with E-state index in [2.05, 4.69) is 22.6 Å². The lowest BCUT2D eigenvalue weighted by molar-refractivity contribution is 0.103. The number of aryl methyl sites for hydroxylation is 1. The zero-order valence-electron chi connectivity index (χ0n) is 9.21. The highest BCUT2D eigenvalue weighted by Gasteiger charge is 2.10. The molecule has 0 radical (unpaired) electrons. The first-order valence-electron chi connectivity index (χ1n) is 5.14. The minimum atomic E-state index is 0.00306. The van der Waals surface area contributed by atoms with E-state index in [-0.39, 0.29) is 5.78 Å². The van der Waals surface area contributed by atoms with Crippen LogP contribution in [0.25, 0.3) is 0 Å². The molecule has 0 amide bonds. The highest BCUT2D eigenvalue weighted by atomic mass is 127. The molecule has 2 rings (SSSR count). The van der Waals surface area contributed by atoms with Gasteiger partial charge in [-0.1, -0.05) is 41.4 Å². The summed E-state index contributed by atoms with van der Waals surface area (Å²) in [5.74, 6) is 0.00306. The quantitative estimate of drug-likeness (QED) is 0.572. The van der Waals surface area contributed by atoms with E-state index in [1.165, 1.54) is 0 Å². The Morgan fingerprint density at radius 3 is 2.24 bits per heavy atom. The predicted octanol–water partition coefficient (Wildman–Crippen LogP) is 4.48. The fourth-order valence-corrected chi connectivity index (χ4v) is 2.03. The second-order valence-electron chi connectivity index (χ2n) is 3.82. The topological polar surface area (TPSA) is 17.1 Å². The molecule has 0 unspecified atom stereocenters. The highest BCUT2D eigenvalue weighted by molar-refractivity contribution is 14.1. The van der Waals surface area contributed by atoms with Gasteiger partial charge in [0.1, 0.15) is 0 Å². The predicted molar refractivity (Wildman–Crippen MR) is 78.8 cm³/mol. The van der Waals surface area contributed by atoms with Crippen LogP contribution in [0.1, 0.15) is 21.5 Å². The van der Waals surface area contributed by atoms with Crippen molar-refractivity contribution in [3.8, 4) is 0 Å². The van der Waals surface area contributed by atoms with Crippen LogP contribution >= 0.6 is 34.2 Å². The van der Waals surface area contributed by atoms with Crippen molar-refractivity contribution in [1.29, 1.82) is 0 Å². The van der Waals surface area contributed by atoms with E-state index >= 15 is 0 Å². The van der Waals surface area contributed by atoms with Crippen molar-refractivity contribution < 1.29 is 4.79 Å². The SMILES string of the molecule is Cc1ccc(C(=O)c2ccc(I)c(Cl)c2)cc1. The van der Waals surface area contributed by atoms with Gasteiger partial charge in [0.2, 0.25) is 0 Å². The van der Waals surface area contributed by atoms with E-state index in [4.69, 9.17) is 11.6 Å². The van der Waals surface area contributed by atoms with Crippen LogP contribution in [0.2, 0.25) is 5.02 Å². The van der Waals surface area contributed by atoms with Gasteiger partial charge in [-0.15, -0.1) is 0 Å². The summed E-state index contributed by atoms with van der Waals surface area (Å²) >= 11 is 8.15. The van der Waals surface area contributed by atoms with Gasteiger partial charge in [0.25, 0.3) is 0 Å². The van der Waals surface area contributed by atoms with E-state index in [0.29, 0.717) is 16.1 Å². The first-order chi connectivity index (χ1) is 8.08. The van der Waals surface area contributed by atoms with Gasteiger partial charge in [-0.25, -0.2) is 0 Å². The van der Waals surface area contributed by atoms with E-state index in [9.17, 15) is 4.79 Å². The first-order valence-corrected chi connectivity index (χ1v) is 6.60. The third-order valence-electron chi connectivity index (χ3n) is 2.50.